The molecule has 140 valence electrons. The lowest BCUT2D eigenvalue weighted by molar-refractivity contribution is -0.137. The van der Waals surface area contributed by atoms with Gasteiger partial charge in [-0.1, -0.05) is 0 Å². The van der Waals surface area contributed by atoms with E-state index >= 15 is 0 Å². The fraction of sp³-hybridized carbons (Fsp3) is 0.500. The van der Waals surface area contributed by atoms with Gasteiger partial charge in [0.15, 0.2) is 0 Å². The van der Waals surface area contributed by atoms with Gasteiger partial charge >= 0.3 is 6.18 Å². The molecule has 0 saturated carbocycles. The molecule has 1 aliphatic rings. The van der Waals surface area contributed by atoms with E-state index in [1.807, 2.05) is 4.90 Å². The summed E-state index contributed by atoms with van der Waals surface area (Å²) in [5.74, 6) is 0.225. The van der Waals surface area contributed by atoms with Crippen LogP contribution in [0, 0.1) is 5.92 Å². The minimum absolute atomic E-state index is 0.0435. The Morgan fingerprint density at radius 2 is 2.19 bits per heavy atom. The van der Waals surface area contributed by atoms with Crippen molar-refractivity contribution in [3.8, 4) is 0 Å². The van der Waals surface area contributed by atoms with Crippen molar-refractivity contribution >= 4 is 11.7 Å². The predicted octanol–water partition coefficient (Wildman–Crippen LogP) is 1.72. The molecule has 3 heterocycles. The average Bonchev–Trinajstić information content (AvgIpc) is 3.29. The zero-order valence-corrected chi connectivity index (χ0v) is 14.0. The fourth-order valence-electron chi connectivity index (χ4n) is 2.87. The van der Waals surface area contributed by atoms with Crippen LogP contribution >= 0.6 is 0 Å². The smallest absolute Gasteiger partial charge is 0.356 e. The Hall–Kier alpha value is -2.65. The zero-order chi connectivity index (χ0) is 18.6. The summed E-state index contributed by atoms with van der Waals surface area (Å²) in [7, 11) is 0. The molecule has 10 heteroatoms. The quantitative estimate of drug-likeness (QED) is 0.786. The molecule has 1 N–H and O–H groups in total. The van der Waals surface area contributed by atoms with E-state index in [-0.39, 0.29) is 11.8 Å². The topological polar surface area (TPSA) is 75.9 Å². The van der Waals surface area contributed by atoms with Crippen molar-refractivity contribution < 1.29 is 18.0 Å². The summed E-state index contributed by atoms with van der Waals surface area (Å²) in [6.45, 7) is 2.25. The van der Waals surface area contributed by atoms with Gasteiger partial charge in [0.05, 0.1) is 11.5 Å². The van der Waals surface area contributed by atoms with Gasteiger partial charge < -0.3 is 10.2 Å². The molecule has 1 amide bonds. The Morgan fingerprint density at radius 3 is 2.85 bits per heavy atom. The number of carbonyl (C=O) groups excluding carboxylic acids is 1. The largest absolute Gasteiger partial charge is 0.417 e. The maximum atomic E-state index is 12.6. The highest BCUT2D eigenvalue weighted by Crippen LogP contribution is 2.30. The van der Waals surface area contributed by atoms with Gasteiger partial charge in [-0.15, -0.1) is 0 Å². The first-order chi connectivity index (χ1) is 12.4. The third-order valence-corrected chi connectivity index (χ3v) is 4.29. The molecule has 1 fully saturated rings. The molecule has 0 unspecified atom stereocenters. The second-order valence-corrected chi connectivity index (χ2v) is 6.14. The summed E-state index contributed by atoms with van der Waals surface area (Å²) < 4.78 is 39.5. The number of aryl methyl sites for hydroxylation is 1. The van der Waals surface area contributed by atoms with Crippen LogP contribution in [0.5, 0.6) is 0 Å². The predicted molar refractivity (Wildman–Crippen MR) is 87.2 cm³/mol. The van der Waals surface area contributed by atoms with E-state index in [1.54, 1.807) is 11.0 Å². The van der Waals surface area contributed by atoms with Crippen LogP contribution in [0.1, 0.15) is 18.4 Å². The molecule has 1 saturated heterocycles. The standard InChI is InChI=1S/C16H19F3N6O/c17-16(18,19)13-2-3-14(22-8-13)24-7-4-12(9-24)15(26)21-5-1-6-25-11-20-10-23-25/h2-3,8,10-12H,1,4-7,9H2,(H,21,26)/t12-/m0/s1. The van der Waals surface area contributed by atoms with Crippen molar-refractivity contribution in [1.82, 2.24) is 25.1 Å². The molecule has 0 spiro atoms. The van der Waals surface area contributed by atoms with Gasteiger partial charge in [-0.2, -0.15) is 18.3 Å². The maximum Gasteiger partial charge on any atom is 0.417 e. The lowest BCUT2D eigenvalue weighted by atomic mass is 10.1. The third kappa shape index (κ3) is 4.50. The summed E-state index contributed by atoms with van der Waals surface area (Å²) in [5, 5.41) is 6.88. The van der Waals surface area contributed by atoms with E-state index in [4.69, 9.17) is 0 Å². The molecule has 2 aromatic heterocycles. The first-order valence-electron chi connectivity index (χ1n) is 8.32. The van der Waals surface area contributed by atoms with Crippen molar-refractivity contribution in [2.75, 3.05) is 24.5 Å². The molecule has 1 aliphatic heterocycles. The second kappa shape index (κ2) is 7.71. The van der Waals surface area contributed by atoms with Crippen LogP contribution in [0.3, 0.4) is 0 Å². The number of nitrogens with one attached hydrogen (secondary N) is 1. The molecule has 0 radical (unpaired) electrons. The highest BCUT2D eigenvalue weighted by atomic mass is 19.4. The van der Waals surface area contributed by atoms with Gasteiger partial charge in [-0.05, 0) is 25.0 Å². The third-order valence-electron chi connectivity index (χ3n) is 4.29. The molecular weight excluding hydrogens is 349 g/mol. The van der Waals surface area contributed by atoms with Crippen molar-refractivity contribution in [2.24, 2.45) is 5.92 Å². The van der Waals surface area contributed by atoms with E-state index < -0.39 is 11.7 Å². The molecule has 0 bridgehead atoms. The normalized spacial score (nSPS) is 17.5. The Bertz CT molecular complexity index is 717. The number of anilines is 1. The maximum absolute atomic E-state index is 12.6. The number of amides is 1. The Kier molecular flexibility index (Phi) is 5.38. The number of aromatic nitrogens is 4. The van der Waals surface area contributed by atoms with Gasteiger partial charge in [0.1, 0.15) is 18.5 Å². The summed E-state index contributed by atoms with van der Waals surface area (Å²) in [5.41, 5.74) is -0.776. The average molecular weight is 368 g/mol. The highest BCUT2D eigenvalue weighted by Gasteiger charge is 2.32. The fourth-order valence-corrected chi connectivity index (χ4v) is 2.87. The van der Waals surface area contributed by atoms with Crippen LogP contribution in [-0.2, 0) is 17.5 Å². The number of pyridine rings is 1. The van der Waals surface area contributed by atoms with Crippen molar-refractivity contribution in [1.29, 1.82) is 0 Å². The van der Waals surface area contributed by atoms with Crippen LogP contribution in [-0.4, -0.2) is 45.3 Å². The van der Waals surface area contributed by atoms with Gasteiger partial charge in [0.25, 0.3) is 0 Å². The van der Waals surface area contributed by atoms with E-state index in [1.165, 1.54) is 12.4 Å². The van der Waals surface area contributed by atoms with Crippen LogP contribution in [0.4, 0.5) is 19.0 Å². The Labute approximate surface area is 148 Å². The number of alkyl halides is 3. The first kappa shape index (κ1) is 18.2. The second-order valence-electron chi connectivity index (χ2n) is 6.14. The summed E-state index contributed by atoms with van der Waals surface area (Å²) in [6.07, 6.45) is 0.899. The summed E-state index contributed by atoms with van der Waals surface area (Å²) in [6, 6.07) is 2.36. The molecule has 1 atom stereocenters. The molecular formula is C16H19F3N6O. The van der Waals surface area contributed by atoms with Crippen LogP contribution in [0.25, 0.3) is 0 Å². The van der Waals surface area contributed by atoms with E-state index in [0.717, 1.165) is 18.7 Å². The minimum Gasteiger partial charge on any atom is -0.356 e. The van der Waals surface area contributed by atoms with Gasteiger partial charge in [0, 0.05) is 32.4 Å². The number of rotatable bonds is 6. The van der Waals surface area contributed by atoms with Crippen LogP contribution < -0.4 is 10.2 Å². The summed E-state index contributed by atoms with van der Waals surface area (Å²) in [4.78, 5) is 21.8. The minimum atomic E-state index is -4.40. The Morgan fingerprint density at radius 1 is 1.35 bits per heavy atom. The van der Waals surface area contributed by atoms with E-state index in [9.17, 15) is 18.0 Å². The van der Waals surface area contributed by atoms with Gasteiger partial charge in [0.2, 0.25) is 5.91 Å². The number of halogens is 3. The van der Waals surface area contributed by atoms with Gasteiger partial charge in [-0.3, -0.25) is 9.48 Å². The highest BCUT2D eigenvalue weighted by molar-refractivity contribution is 5.80. The van der Waals surface area contributed by atoms with E-state index in [0.29, 0.717) is 38.4 Å². The van der Waals surface area contributed by atoms with Crippen LogP contribution in [0.15, 0.2) is 31.0 Å². The lowest BCUT2D eigenvalue weighted by Crippen LogP contribution is -2.33. The molecule has 0 aliphatic carbocycles. The van der Waals surface area contributed by atoms with Crippen LogP contribution in [0.2, 0.25) is 0 Å². The number of carbonyl (C=O) groups is 1. The first-order valence-corrected chi connectivity index (χ1v) is 8.32. The summed E-state index contributed by atoms with van der Waals surface area (Å²) >= 11 is 0. The number of hydrogen-bond donors (Lipinski definition) is 1. The lowest BCUT2D eigenvalue weighted by Gasteiger charge is -2.18. The molecule has 3 rings (SSSR count). The Balaban J connectivity index is 1.44. The van der Waals surface area contributed by atoms with Crippen molar-refractivity contribution in [3.05, 3.63) is 36.5 Å². The van der Waals surface area contributed by atoms with Gasteiger partial charge in [-0.25, -0.2) is 9.97 Å². The molecule has 0 aromatic carbocycles. The number of hydrogen-bond acceptors (Lipinski definition) is 5. The number of nitrogens with zero attached hydrogens (tertiary/aromatic N) is 5. The molecule has 7 nitrogen and oxygen atoms in total. The molecule has 2 aromatic rings. The SMILES string of the molecule is O=C(NCCCn1cncn1)[C@H]1CCN(c2ccc(C(F)(F)F)cn2)C1. The van der Waals surface area contributed by atoms with Crippen molar-refractivity contribution in [2.45, 2.75) is 25.6 Å². The zero-order valence-electron chi connectivity index (χ0n) is 14.0. The molecule has 26 heavy (non-hydrogen) atoms. The van der Waals surface area contributed by atoms with Crippen molar-refractivity contribution in [3.63, 3.8) is 0 Å². The van der Waals surface area contributed by atoms with E-state index in [2.05, 4.69) is 20.4 Å². The monoisotopic (exact) mass is 368 g/mol.